The van der Waals surface area contributed by atoms with E-state index < -0.39 is 5.97 Å². The van der Waals surface area contributed by atoms with Gasteiger partial charge in [-0.3, -0.25) is 0 Å². The lowest BCUT2D eigenvalue weighted by Gasteiger charge is -2.09. The molecule has 0 aliphatic rings. The minimum Gasteiger partial charge on any atom is -0.545 e. The van der Waals surface area contributed by atoms with E-state index in [2.05, 4.69) is 14.7 Å². The van der Waals surface area contributed by atoms with Gasteiger partial charge < -0.3 is 9.90 Å². The maximum Gasteiger partial charge on any atom is 0.0975 e. The highest BCUT2D eigenvalue weighted by atomic mass is 32.1. The zero-order chi connectivity index (χ0) is 15.0. The van der Waals surface area contributed by atoms with Gasteiger partial charge in [0.2, 0.25) is 0 Å². The smallest absolute Gasteiger partial charge is 0.0975 e. The van der Waals surface area contributed by atoms with Gasteiger partial charge in [0.25, 0.3) is 0 Å². The number of carbonyl (C=O) groups excluding carboxylic acids is 1. The van der Waals surface area contributed by atoms with Crippen molar-refractivity contribution in [2.75, 3.05) is 0 Å². The van der Waals surface area contributed by atoms with Crippen LogP contribution in [0.2, 0.25) is 0 Å². The van der Waals surface area contributed by atoms with Crippen molar-refractivity contribution < 1.29 is 9.90 Å². The Hall–Kier alpha value is -2.54. The van der Waals surface area contributed by atoms with Crippen LogP contribution in [0.15, 0.2) is 30.3 Å². The molecule has 0 fully saturated rings. The maximum absolute atomic E-state index is 11.5. The van der Waals surface area contributed by atoms with Gasteiger partial charge in [0, 0.05) is 5.56 Å². The third-order valence-corrected chi connectivity index (χ3v) is 3.97. The number of rotatable bonds is 3. The highest BCUT2D eigenvalue weighted by molar-refractivity contribution is 7.09. The third-order valence-electron chi connectivity index (χ3n) is 3.13. The average Bonchev–Trinajstić information content (AvgIpc) is 3.02. The fraction of sp³-hybridized carbons (Fsp3) is 0.143. The second kappa shape index (κ2) is 5.10. The molecule has 3 aromatic rings. The summed E-state index contributed by atoms with van der Waals surface area (Å²) in [5.41, 5.74) is 2.39. The van der Waals surface area contributed by atoms with Gasteiger partial charge in [0.15, 0.2) is 0 Å². The van der Waals surface area contributed by atoms with Crippen molar-refractivity contribution >= 4 is 17.5 Å². The molecule has 7 heteroatoms. The van der Waals surface area contributed by atoms with E-state index in [0.717, 1.165) is 17.2 Å². The summed E-state index contributed by atoms with van der Waals surface area (Å²) in [6.07, 6.45) is 0. The van der Waals surface area contributed by atoms with Gasteiger partial charge in [0.1, 0.15) is 0 Å². The van der Waals surface area contributed by atoms with Crippen LogP contribution in [0.1, 0.15) is 21.7 Å². The van der Waals surface area contributed by atoms with Crippen molar-refractivity contribution in [2.24, 2.45) is 0 Å². The van der Waals surface area contributed by atoms with E-state index in [4.69, 9.17) is 0 Å². The van der Waals surface area contributed by atoms with E-state index in [1.807, 2.05) is 30.3 Å². The van der Waals surface area contributed by atoms with Crippen molar-refractivity contribution in [2.45, 2.75) is 13.8 Å². The summed E-state index contributed by atoms with van der Waals surface area (Å²) in [5, 5.41) is 19.8. The summed E-state index contributed by atoms with van der Waals surface area (Å²) in [6, 6.07) is 9.34. The van der Waals surface area contributed by atoms with Gasteiger partial charge in [-0.2, -0.15) is 5.10 Å². The van der Waals surface area contributed by atoms with Gasteiger partial charge in [-0.05, 0) is 37.5 Å². The molecule has 1 aromatic carbocycles. The molecule has 6 nitrogen and oxygen atoms in total. The lowest BCUT2D eigenvalue weighted by molar-refractivity contribution is -0.255. The molecule has 0 atom stereocenters. The van der Waals surface area contributed by atoms with Crippen LogP contribution in [0.5, 0.6) is 0 Å². The highest BCUT2D eigenvalue weighted by Crippen LogP contribution is 2.32. The van der Waals surface area contributed by atoms with Crippen LogP contribution in [0.3, 0.4) is 0 Å². The van der Waals surface area contributed by atoms with E-state index in [0.29, 0.717) is 22.0 Å². The molecule has 0 unspecified atom stereocenters. The highest BCUT2D eigenvalue weighted by Gasteiger charge is 2.22. The van der Waals surface area contributed by atoms with Crippen molar-refractivity contribution in [3.8, 4) is 16.3 Å². The van der Waals surface area contributed by atoms with Gasteiger partial charge in [-0.25, -0.2) is 4.68 Å². The summed E-state index contributed by atoms with van der Waals surface area (Å²) >= 11 is 1.14. The van der Waals surface area contributed by atoms with Crippen LogP contribution in [0.25, 0.3) is 16.3 Å². The molecule has 0 N–H and O–H groups in total. The van der Waals surface area contributed by atoms with Crippen LogP contribution in [-0.2, 0) is 0 Å². The Bertz CT molecular complexity index is 808. The molecular formula is C14H11N4O2S-. The number of carbonyl (C=O) groups is 1. The van der Waals surface area contributed by atoms with Crippen LogP contribution in [0.4, 0.5) is 0 Å². The molecule has 3 rings (SSSR count). The Morgan fingerprint density at radius 2 is 1.90 bits per heavy atom. The average molecular weight is 299 g/mol. The zero-order valence-electron chi connectivity index (χ0n) is 11.4. The molecule has 21 heavy (non-hydrogen) atoms. The predicted octanol–water partition coefficient (Wildman–Crippen LogP) is 1.37. The fourth-order valence-corrected chi connectivity index (χ4v) is 2.88. The number of para-hydroxylation sites is 1. The number of nitrogens with zero attached hydrogens (tertiary/aromatic N) is 4. The monoisotopic (exact) mass is 299 g/mol. The second-order valence-corrected chi connectivity index (χ2v) is 5.29. The number of hydrogen-bond acceptors (Lipinski definition) is 6. The summed E-state index contributed by atoms with van der Waals surface area (Å²) in [7, 11) is 0. The van der Waals surface area contributed by atoms with Gasteiger partial charge in [-0.1, -0.05) is 22.7 Å². The summed E-state index contributed by atoms with van der Waals surface area (Å²) in [4.78, 5) is 12.2. The summed E-state index contributed by atoms with van der Waals surface area (Å²) in [6.45, 7) is 3.44. The Labute approximate surface area is 124 Å². The topological polar surface area (TPSA) is 83.7 Å². The van der Waals surface area contributed by atoms with E-state index in [1.54, 1.807) is 18.5 Å². The lowest BCUT2D eigenvalue weighted by Crippen LogP contribution is -2.23. The Morgan fingerprint density at radius 1 is 1.19 bits per heavy atom. The van der Waals surface area contributed by atoms with Crippen molar-refractivity contribution in [1.82, 2.24) is 19.4 Å². The molecule has 0 saturated heterocycles. The Balaban J connectivity index is 2.34. The van der Waals surface area contributed by atoms with Crippen LogP contribution in [-0.4, -0.2) is 25.3 Å². The lowest BCUT2D eigenvalue weighted by atomic mass is 10.1. The quantitative estimate of drug-likeness (QED) is 0.729. The number of benzene rings is 1. The molecule has 0 saturated carbocycles. The Morgan fingerprint density at radius 3 is 2.48 bits per heavy atom. The van der Waals surface area contributed by atoms with Crippen LogP contribution in [0, 0.1) is 13.8 Å². The van der Waals surface area contributed by atoms with Crippen molar-refractivity contribution in [1.29, 1.82) is 0 Å². The number of aromatic carboxylic acids is 1. The van der Waals surface area contributed by atoms with Crippen molar-refractivity contribution in [3.05, 3.63) is 47.3 Å². The SMILES string of the molecule is Cc1nnsc1-c1c(C(=O)[O-])c(C)nn1-c1ccccc1. The summed E-state index contributed by atoms with van der Waals surface area (Å²) < 4.78 is 5.48. The number of carboxylic acid groups (broad SMARTS) is 1. The maximum atomic E-state index is 11.5. The standard InChI is InChI=1S/C14H12N4O2S/c1-8-11(14(19)20)12(13-9(2)15-17-21-13)18(16-8)10-6-4-3-5-7-10/h3-7H,1-2H3,(H,19,20)/p-1. The largest absolute Gasteiger partial charge is 0.545 e. The number of aryl methyl sites for hydroxylation is 2. The molecule has 0 aliphatic carbocycles. The predicted molar refractivity (Wildman–Crippen MR) is 76.3 cm³/mol. The molecule has 0 bridgehead atoms. The molecular weight excluding hydrogens is 288 g/mol. The summed E-state index contributed by atoms with van der Waals surface area (Å²) in [5.74, 6) is -1.25. The number of aromatic nitrogens is 4. The van der Waals surface area contributed by atoms with Crippen molar-refractivity contribution in [3.63, 3.8) is 0 Å². The second-order valence-electron chi connectivity index (χ2n) is 4.53. The third kappa shape index (κ3) is 2.21. The first kappa shape index (κ1) is 13.4. The first-order chi connectivity index (χ1) is 10.1. The minimum absolute atomic E-state index is 0.0769. The molecule has 2 heterocycles. The van der Waals surface area contributed by atoms with Gasteiger partial charge in [-0.15, -0.1) is 5.10 Å². The molecule has 106 valence electrons. The number of carboxylic acids is 1. The Kier molecular flexibility index (Phi) is 3.26. The van der Waals surface area contributed by atoms with E-state index in [1.165, 1.54) is 0 Å². The molecule has 0 radical (unpaired) electrons. The van der Waals surface area contributed by atoms with E-state index in [-0.39, 0.29) is 5.56 Å². The molecule has 2 aromatic heterocycles. The van der Waals surface area contributed by atoms with Gasteiger partial charge in [0.05, 0.1) is 33.6 Å². The van der Waals surface area contributed by atoms with Crippen LogP contribution < -0.4 is 5.11 Å². The molecule has 0 aliphatic heterocycles. The van der Waals surface area contributed by atoms with E-state index in [9.17, 15) is 9.90 Å². The van der Waals surface area contributed by atoms with Gasteiger partial charge >= 0.3 is 0 Å². The number of hydrogen-bond donors (Lipinski definition) is 0. The molecule has 0 amide bonds. The molecule has 0 spiro atoms. The zero-order valence-corrected chi connectivity index (χ0v) is 12.2. The van der Waals surface area contributed by atoms with E-state index >= 15 is 0 Å². The normalized spacial score (nSPS) is 10.8. The van der Waals surface area contributed by atoms with Crippen LogP contribution >= 0.6 is 11.5 Å². The first-order valence-electron chi connectivity index (χ1n) is 6.25. The fourth-order valence-electron chi connectivity index (χ4n) is 2.19. The first-order valence-corrected chi connectivity index (χ1v) is 7.02. The minimum atomic E-state index is -1.25.